The summed E-state index contributed by atoms with van der Waals surface area (Å²) in [6.45, 7) is 6.50. The standard InChI is InChI=1S/C18H25N3O2S2/c1-14(2)16-5-7-17(8-6-16)25(22,23)20-12-15-4-3-10-21(13-15)18-19-9-11-24-18/h5-9,11,14-15,20H,3-4,10,12-13H2,1-2H3. The largest absolute Gasteiger partial charge is 0.348 e. The van der Waals surface area contributed by atoms with Crippen LogP contribution >= 0.6 is 11.3 Å². The maximum absolute atomic E-state index is 12.5. The lowest BCUT2D eigenvalue weighted by atomic mass is 9.99. The zero-order valence-corrected chi connectivity index (χ0v) is 16.3. The van der Waals surface area contributed by atoms with E-state index in [4.69, 9.17) is 0 Å². The van der Waals surface area contributed by atoms with E-state index in [-0.39, 0.29) is 0 Å². The number of hydrogen-bond donors (Lipinski definition) is 1. The molecule has 1 aliphatic heterocycles. The van der Waals surface area contributed by atoms with Crippen molar-refractivity contribution >= 4 is 26.5 Å². The van der Waals surface area contributed by atoms with Crippen molar-refractivity contribution in [3.05, 3.63) is 41.4 Å². The molecule has 0 radical (unpaired) electrons. The van der Waals surface area contributed by atoms with Crippen LogP contribution in [0.25, 0.3) is 0 Å². The van der Waals surface area contributed by atoms with E-state index in [9.17, 15) is 8.42 Å². The van der Waals surface area contributed by atoms with Crippen molar-refractivity contribution in [2.24, 2.45) is 5.92 Å². The first kappa shape index (κ1) is 18.4. The minimum atomic E-state index is -3.45. The summed E-state index contributed by atoms with van der Waals surface area (Å²) in [6.07, 6.45) is 3.92. The molecule has 7 heteroatoms. The number of aromatic nitrogens is 1. The number of rotatable bonds is 6. The SMILES string of the molecule is CC(C)c1ccc(S(=O)(=O)NCC2CCCN(c3nccs3)C2)cc1. The highest BCUT2D eigenvalue weighted by atomic mass is 32.2. The second-order valence-electron chi connectivity index (χ2n) is 6.84. The van der Waals surface area contributed by atoms with Crippen molar-refractivity contribution in [3.8, 4) is 0 Å². The lowest BCUT2D eigenvalue weighted by molar-refractivity contribution is 0.410. The lowest BCUT2D eigenvalue weighted by Gasteiger charge is -2.32. The van der Waals surface area contributed by atoms with Crippen LogP contribution in [0, 0.1) is 5.92 Å². The molecule has 2 aromatic rings. The average Bonchev–Trinajstić information content (AvgIpc) is 3.15. The molecule has 25 heavy (non-hydrogen) atoms. The first-order chi connectivity index (χ1) is 12.0. The highest BCUT2D eigenvalue weighted by Gasteiger charge is 2.23. The number of sulfonamides is 1. The first-order valence-electron chi connectivity index (χ1n) is 8.70. The fourth-order valence-corrected chi connectivity index (χ4v) is 4.92. The molecule has 2 heterocycles. The second-order valence-corrected chi connectivity index (χ2v) is 9.48. The molecule has 1 atom stereocenters. The molecular weight excluding hydrogens is 354 g/mol. The van der Waals surface area contributed by atoms with E-state index in [1.165, 1.54) is 0 Å². The maximum atomic E-state index is 12.5. The van der Waals surface area contributed by atoms with Gasteiger partial charge in [0.05, 0.1) is 4.90 Å². The zero-order chi connectivity index (χ0) is 17.9. The van der Waals surface area contributed by atoms with Gasteiger partial charge in [0.15, 0.2) is 5.13 Å². The summed E-state index contributed by atoms with van der Waals surface area (Å²) in [5.41, 5.74) is 1.14. The fourth-order valence-electron chi connectivity index (χ4n) is 3.12. The number of benzene rings is 1. The molecule has 5 nitrogen and oxygen atoms in total. The molecule has 1 aliphatic rings. The van der Waals surface area contributed by atoms with Crippen LogP contribution in [0.1, 0.15) is 38.2 Å². The normalized spacial score (nSPS) is 18.7. The summed E-state index contributed by atoms with van der Waals surface area (Å²) in [6, 6.07) is 7.18. The molecule has 136 valence electrons. The van der Waals surface area contributed by atoms with Gasteiger partial charge in [-0.15, -0.1) is 11.3 Å². The van der Waals surface area contributed by atoms with Crippen molar-refractivity contribution in [1.29, 1.82) is 0 Å². The van der Waals surface area contributed by atoms with Crippen LogP contribution in [0.15, 0.2) is 40.7 Å². The van der Waals surface area contributed by atoms with Crippen LogP contribution in [0.3, 0.4) is 0 Å². The van der Waals surface area contributed by atoms with Gasteiger partial charge in [-0.1, -0.05) is 26.0 Å². The molecular formula is C18H25N3O2S2. The summed E-state index contributed by atoms with van der Waals surface area (Å²) in [5, 5.41) is 3.00. The Labute approximate surface area is 154 Å². The third-order valence-corrected chi connectivity index (χ3v) is 6.90. The van der Waals surface area contributed by atoms with Gasteiger partial charge in [0.25, 0.3) is 0 Å². The highest BCUT2D eigenvalue weighted by Crippen LogP contribution is 2.25. The number of nitrogens with zero attached hydrogens (tertiary/aromatic N) is 2. The number of anilines is 1. The molecule has 1 unspecified atom stereocenters. The number of hydrogen-bond acceptors (Lipinski definition) is 5. The van der Waals surface area contributed by atoms with Crippen LogP contribution in [-0.2, 0) is 10.0 Å². The Morgan fingerprint density at radius 2 is 2.08 bits per heavy atom. The third kappa shape index (κ3) is 4.59. The van der Waals surface area contributed by atoms with E-state index >= 15 is 0 Å². The summed E-state index contributed by atoms with van der Waals surface area (Å²) in [4.78, 5) is 6.95. The molecule has 0 amide bonds. The predicted octanol–water partition coefficient (Wildman–Crippen LogP) is 3.46. The average molecular weight is 380 g/mol. The monoisotopic (exact) mass is 379 g/mol. The Bertz CT molecular complexity index is 771. The van der Waals surface area contributed by atoms with Crippen molar-refractivity contribution < 1.29 is 8.42 Å². The Morgan fingerprint density at radius 1 is 1.32 bits per heavy atom. The zero-order valence-electron chi connectivity index (χ0n) is 14.7. The molecule has 0 saturated carbocycles. The molecule has 3 rings (SSSR count). The van der Waals surface area contributed by atoms with Gasteiger partial charge in [0, 0.05) is 31.2 Å². The van der Waals surface area contributed by atoms with E-state index in [1.807, 2.05) is 23.7 Å². The van der Waals surface area contributed by atoms with Gasteiger partial charge in [0.1, 0.15) is 0 Å². The van der Waals surface area contributed by atoms with E-state index in [0.717, 1.165) is 36.6 Å². The Hall–Kier alpha value is -1.44. The van der Waals surface area contributed by atoms with Gasteiger partial charge in [0.2, 0.25) is 10.0 Å². The van der Waals surface area contributed by atoms with Gasteiger partial charge in [-0.25, -0.2) is 18.1 Å². The fraction of sp³-hybridized carbons (Fsp3) is 0.500. The van der Waals surface area contributed by atoms with Gasteiger partial charge < -0.3 is 4.90 Å². The Balaban J connectivity index is 1.60. The summed E-state index contributed by atoms with van der Waals surface area (Å²) >= 11 is 1.63. The van der Waals surface area contributed by atoms with Crippen LogP contribution in [0.4, 0.5) is 5.13 Å². The molecule has 1 aromatic carbocycles. The number of thiazole rings is 1. The Morgan fingerprint density at radius 3 is 2.72 bits per heavy atom. The van der Waals surface area contributed by atoms with E-state index < -0.39 is 10.0 Å². The minimum absolute atomic E-state index is 0.308. The highest BCUT2D eigenvalue weighted by molar-refractivity contribution is 7.89. The van der Waals surface area contributed by atoms with Crippen molar-refractivity contribution in [2.45, 2.75) is 37.5 Å². The quantitative estimate of drug-likeness (QED) is 0.835. The molecule has 0 spiro atoms. The van der Waals surface area contributed by atoms with Crippen molar-refractivity contribution in [3.63, 3.8) is 0 Å². The van der Waals surface area contributed by atoms with Gasteiger partial charge in [-0.05, 0) is 42.4 Å². The smallest absolute Gasteiger partial charge is 0.240 e. The van der Waals surface area contributed by atoms with Crippen molar-refractivity contribution in [1.82, 2.24) is 9.71 Å². The van der Waals surface area contributed by atoms with Crippen LogP contribution in [-0.4, -0.2) is 33.0 Å². The summed E-state index contributed by atoms with van der Waals surface area (Å²) < 4.78 is 27.9. The van der Waals surface area contributed by atoms with E-state index in [0.29, 0.717) is 23.3 Å². The van der Waals surface area contributed by atoms with Gasteiger partial charge in [-0.3, -0.25) is 0 Å². The third-order valence-electron chi connectivity index (χ3n) is 4.63. The summed E-state index contributed by atoms with van der Waals surface area (Å²) in [7, 11) is -3.45. The minimum Gasteiger partial charge on any atom is -0.348 e. The molecule has 0 aliphatic carbocycles. The molecule has 1 N–H and O–H groups in total. The maximum Gasteiger partial charge on any atom is 0.240 e. The second kappa shape index (κ2) is 7.85. The topological polar surface area (TPSA) is 62.3 Å². The lowest BCUT2D eigenvalue weighted by Crippen LogP contribution is -2.41. The number of piperidine rings is 1. The van der Waals surface area contributed by atoms with Crippen molar-refractivity contribution in [2.75, 3.05) is 24.5 Å². The molecule has 1 aromatic heterocycles. The Kier molecular flexibility index (Phi) is 5.76. The molecule has 0 bridgehead atoms. The predicted molar refractivity (Wildman–Crippen MR) is 103 cm³/mol. The van der Waals surface area contributed by atoms with E-state index in [2.05, 4.69) is 28.5 Å². The van der Waals surface area contributed by atoms with Gasteiger partial charge in [-0.2, -0.15) is 0 Å². The first-order valence-corrected chi connectivity index (χ1v) is 11.1. The van der Waals surface area contributed by atoms with Crippen LogP contribution in [0.2, 0.25) is 0 Å². The summed E-state index contributed by atoms with van der Waals surface area (Å²) in [5.74, 6) is 0.700. The van der Waals surface area contributed by atoms with Crippen LogP contribution < -0.4 is 9.62 Å². The van der Waals surface area contributed by atoms with Crippen LogP contribution in [0.5, 0.6) is 0 Å². The molecule has 1 fully saturated rings. The van der Waals surface area contributed by atoms with E-state index in [1.54, 1.807) is 23.5 Å². The number of nitrogens with one attached hydrogen (secondary N) is 1. The molecule has 1 saturated heterocycles. The van der Waals surface area contributed by atoms with Gasteiger partial charge >= 0.3 is 0 Å².